The lowest BCUT2D eigenvalue weighted by Gasteiger charge is -2.21. The highest BCUT2D eigenvalue weighted by molar-refractivity contribution is 7.18. The molecule has 0 amide bonds. The lowest BCUT2D eigenvalue weighted by atomic mass is 10.0. The van der Waals surface area contributed by atoms with E-state index < -0.39 is 0 Å². The molecule has 1 atom stereocenters. The summed E-state index contributed by atoms with van der Waals surface area (Å²) in [4.78, 5) is 21.0. The van der Waals surface area contributed by atoms with E-state index in [0.717, 1.165) is 50.6 Å². The summed E-state index contributed by atoms with van der Waals surface area (Å²) < 4.78 is 16.5. The molecule has 0 radical (unpaired) electrons. The Bertz CT molecular complexity index is 1290. The molecule has 0 aliphatic carbocycles. The van der Waals surface area contributed by atoms with Gasteiger partial charge in [0, 0.05) is 17.4 Å². The first-order chi connectivity index (χ1) is 14.0. The number of benzene rings is 2. The van der Waals surface area contributed by atoms with E-state index in [9.17, 15) is 9.18 Å². The summed E-state index contributed by atoms with van der Waals surface area (Å²) in [6, 6.07) is 12.3. The zero-order chi connectivity index (χ0) is 20.1. The SMILES string of the molecule is Cc1nc2cc(C)c(Nc3nc(=O)cc4n3C(c3ccc(F)cc3)CC4)cc2s1. The van der Waals surface area contributed by atoms with Crippen molar-refractivity contribution in [1.82, 2.24) is 14.5 Å². The van der Waals surface area contributed by atoms with Crippen LogP contribution in [0.25, 0.3) is 10.2 Å². The minimum Gasteiger partial charge on any atom is -0.325 e. The molecule has 0 bridgehead atoms. The number of nitrogens with one attached hydrogen (secondary N) is 1. The summed E-state index contributed by atoms with van der Waals surface area (Å²) in [5.41, 5.74) is 4.59. The van der Waals surface area contributed by atoms with Gasteiger partial charge in [0.25, 0.3) is 5.56 Å². The number of halogens is 1. The van der Waals surface area contributed by atoms with Crippen molar-refractivity contribution in [2.75, 3.05) is 5.32 Å². The van der Waals surface area contributed by atoms with Crippen LogP contribution in [0.4, 0.5) is 16.0 Å². The van der Waals surface area contributed by atoms with Crippen LogP contribution in [0.15, 0.2) is 47.3 Å². The Morgan fingerprint density at radius 1 is 1.14 bits per heavy atom. The number of aromatic nitrogens is 3. The summed E-state index contributed by atoms with van der Waals surface area (Å²) in [5, 5.41) is 4.40. The van der Waals surface area contributed by atoms with E-state index in [2.05, 4.69) is 25.9 Å². The van der Waals surface area contributed by atoms with Crippen LogP contribution in [0, 0.1) is 19.7 Å². The summed E-state index contributed by atoms with van der Waals surface area (Å²) >= 11 is 1.64. The number of hydrogen-bond acceptors (Lipinski definition) is 5. The Hall–Kier alpha value is -3.06. The average Bonchev–Trinajstić information content (AvgIpc) is 3.25. The van der Waals surface area contributed by atoms with Crippen LogP contribution < -0.4 is 10.9 Å². The molecule has 1 unspecified atom stereocenters. The molecule has 5 nitrogen and oxygen atoms in total. The number of hydrogen-bond donors (Lipinski definition) is 1. The summed E-state index contributed by atoms with van der Waals surface area (Å²) in [5.74, 6) is 0.259. The monoisotopic (exact) mass is 406 g/mol. The zero-order valence-corrected chi connectivity index (χ0v) is 16.9. The van der Waals surface area contributed by atoms with Crippen LogP contribution in [0.3, 0.4) is 0 Å². The number of fused-ring (bicyclic) bond motifs is 2. The van der Waals surface area contributed by atoms with Gasteiger partial charge in [-0.2, -0.15) is 4.98 Å². The predicted molar refractivity (Wildman–Crippen MR) is 114 cm³/mol. The molecule has 3 heterocycles. The number of rotatable bonds is 3. The molecule has 5 rings (SSSR count). The van der Waals surface area contributed by atoms with Crippen molar-refractivity contribution in [3.63, 3.8) is 0 Å². The van der Waals surface area contributed by atoms with Crippen LogP contribution >= 0.6 is 11.3 Å². The molecular weight excluding hydrogens is 387 g/mol. The maximum Gasteiger partial charge on any atom is 0.274 e. The van der Waals surface area contributed by atoms with E-state index in [-0.39, 0.29) is 17.4 Å². The van der Waals surface area contributed by atoms with Crippen LogP contribution in [-0.2, 0) is 6.42 Å². The minimum absolute atomic E-state index is 0.0101. The second kappa shape index (κ2) is 6.77. The Labute approximate surface area is 170 Å². The van der Waals surface area contributed by atoms with Crippen molar-refractivity contribution in [2.45, 2.75) is 32.7 Å². The van der Waals surface area contributed by atoms with Gasteiger partial charge in [0.05, 0.1) is 21.3 Å². The van der Waals surface area contributed by atoms with E-state index >= 15 is 0 Å². The van der Waals surface area contributed by atoms with Gasteiger partial charge in [0.2, 0.25) is 5.95 Å². The molecule has 1 aliphatic heterocycles. The number of nitrogens with zero attached hydrogens (tertiary/aromatic N) is 3. The zero-order valence-electron chi connectivity index (χ0n) is 16.1. The smallest absolute Gasteiger partial charge is 0.274 e. The second-order valence-electron chi connectivity index (χ2n) is 7.38. The Morgan fingerprint density at radius 2 is 1.93 bits per heavy atom. The Balaban J connectivity index is 1.60. The lowest BCUT2D eigenvalue weighted by molar-refractivity contribution is 0.603. The molecule has 7 heteroatoms. The molecule has 0 saturated heterocycles. The largest absolute Gasteiger partial charge is 0.325 e. The maximum atomic E-state index is 13.4. The molecule has 2 aromatic heterocycles. The van der Waals surface area contributed by atoms with Gasteiger partial charge in [0.15, 0.2) is 0 Å². The maximum absolute atomic E-state index is 13.4. The van der Waals surface area contributed by atoms with Crippen molar-refractivity contribution in [1.29, 1.82) is 0 Å². The number of aryl methyl sites for hydroxylation is 3. The van der Waals surface area contributed by atoms with Gasteiger partial charge >= 0.3 is 0 Å². The van der Waals surface area contributed by atoms with Crippen LogP contribution in [0.2, 0.25) is 0 Å². The third-order valence-electron chi connectivity index (χ3n) is 5.37. The van der Waals surface area contributed by atoms with Gasteiger partial charge in [0.1, 0.15) is 5.82 Å². The topological polar surface area (TPSA) is 59.8 Å². The second-order valence-corrected chi connectivity index (χ2v) is 8.61. The standard InChI is InChI=1S/C22H19FN4OS/c1-12-9-18-20(29-13(2)24-18)11-17(12)25-22-26-21(28)10-16-7-8-19(27(16)22)14-3-5-15(23)6-4-14/h3-6,9-11,19H,7-8H2,1-2H3,(H,25,26,28). The molecule has 1 aliphatic rings. The van der Waals surface area contributed by atoms with Gasteiger partial charge in [-0.15, -0.1) is 11.3 Å². The third-order valence-corrected chi connectivity index (χ3v) is 6.31. The Kier molecular flexibility index (Phi) is 4.20. The first-order valence-corrected chi connectivity index (χ1v) is 10.3. The molecule has 2 aromatic carbocycles. The highest BCUT2D eigenvalue weighted by Crippen LogP contribution is 2.36. The van der Waals surface area contributed by atoms with Crippen molar-refractivity contribution in [2.24, 2.45) is 0 Å². The van der Waals surface area contributed by atoms with E-state index in [1.807, 2.05) is 19.9 Å². The van der Waals surface area contributed by atoms with Gasteiger partial charge in [-0.25, -0.2) is 9.37 Å². The van der Waals surface area contributed by atoms with Gasteiger partial charge in [-0.3, -0.25) is 4.79 Å². The Morgan fingerprint density at radius 3 is 2.72 bits per heavy atom. The quantitative estimate of drug-likeness (QED) is 0.526. The van der Waals surface area contributed by atoms with Crippen molar-refractivity contribution in [3.05, 3.63) is 80.5 Å². The van der Waals surface area contributed by atoms with Gasteiger partial charge in [-0.1, -0.05) is 12.1 Å². The molecule has 0 fully saturated rings. The fraction of sp³-hybridized carbons (Fsp3) is 0.227. The molecule has 1 N–H and O–H groups in total. The normalized spacial score (nSPS) is 15.6. The van der Waals surface area contributed by atoms with E-state index in [4.69, 9.17) is 0 Å². The summed E-state index contributed by atoms with van der Waals surface area (Å²) in [6.07, 6.45) is 1.62. The number of anilines is 2. The van der Waals surface area contributed by atoms with Crippen molar-refractivity contribution < 1.29 is 4.39 Å². The van der Waals surface area contributed by atoms with E-state index in [1.54, 1.807) is 29.5 Å². The van der Waals surface area contributed by atoms with Crippen molar-refractivity contribution >= 4 is 33.2 Å². The fourth-order valence-electron chi connectivity index (χ4n) is 4.03. The first kappa shape index (κ1) is 18.0. The molecule has 29 heavy (non-hydrogen) atoms. The summed E-state index contributed by atoms with van der Waals surface area (Å²) in [7, 11) is 0. The van der Waals surface area contributed by atoms with Crippen LogP contribution in [0.5, 0.6) is 0 Å². The van der Waals surface area contributed by atoms with E-state index in [0.29, 0.717) is 5.95 Å². The van der Waals surface area contributed by atoms with Crippen LogP contribution in [0.1, 0.15) is 34.3 Å². The van der Waals surface area contributed by atoms with Gasteiger partial charge < -0.3 is 9.88 Å². The minimum atomic E-state index is -0.258. The lowest BCUT2D eigenvalue weighted by Crippen LogP contribution is -2.19. The molecular formula is C22H19FN4OS. The average molecular weight is 406 g/mol. The first-order valence-electron chi connectivity index (χ1n) is 9.51. The predicted octanol–water partition coefficient (Wildman–Crippen LogP) is 4.89. The molecule has 0 saturated carbocycles. The number of thiazole rings is 1. The van der Waals surface area contributed by atoms with Gasteiger partial charge in [-0.05, 0) is 62.1 Å². The molecule has 0 spiro atoms. The van der Waals surface area contributed by atoms with E-state index in [1.165, 1.54) is 12.1 Å². The highest BCUT2D eigenvalue weighted by atomic mass is 32.1. The molecule has 146 valence electrons. The third kappa shape index (κ3) is 3.21. The fourth-order valence-corrected chi connectivity index (χ4v) is 4.88. The molecule has 4 aromatic rings. The van der Waals surface area contributed by atoms with Crippen LogP contribution in [-0.4, -0.2) is 14.5 Å². The van der Waals surface area contributed by atoms with Crippen molar-refractivity contribution in [3.8, 4) is 0 Å². The highest BCUT2D eigenvalue weighted by Gasteiger charge is 2.26. The summed E-state index contributed by atoms with van der Waals surface area (Å²) in [6.45, 7) is 4.01.